The molecule has 2 amide bonds. The number of amides is 2. The molecule has 2 unspecified atom stereocenters. The summed E-state index contributed by atoms with van der Waals surface area (Å²) in [5.74, 6) is -0.401. The van der Waals surface area contributed by atoms with Crippen molar-refractivity contribution in [3.8, 4) is 0 Å². The van der Waals surface area contributed by atoms with E-state index in [1.54, 1.807) is 6.92 Å². The third-order valence-electron chi connectivity index (χ3n) is 3.45. The van der Waals surface area contributed by atoms with Crippen molar-refractivity contribution in [2.24, 2.45) is 0 Å². The van der Waals surface area contributed by atoms with Gasteiger partial charge >= 0.3 is 0 Å². The maximum Gasteiger partial charge on any atom is 0.242 e. The average molecular weight is 284 g/mol. The highest BCUT2D eigenvalue weighted by Gasteiger charge is 2.16. The molecule has 4 nitrogen and oxygen atoms in total. The van der Waals surface area contributed by atoms with Gasteiger partial charge in [-0.15, -0.1) is 0 Å². The summed E-state index contributed by atoms with van der Waals surface area (Å²) in [6.07, 6.45) is 0. The van der Waals surface area contributed by atoms with Gasteiger partial charge in [-0.05, 0) is 36.2 Å². The van der Waals surface area contributed by atoms with E-state index < -0.39 is 6.04 Å². The molecule has 2 atom stereocenters. The minimum atomic E-state index is -0.537. The Bertz CT molecular complexity index is 667. The van der Waals surface area contributed by atoms with Crippen LogP contribution in [0.1, 0.15) is 32.4 Å². The van der Waals surface area contributed by atoms with Crippen LogP contribution < -0.4 is 10.6 Å². The molecule has 0 aromatic heterocycles. The second kappa shape index (κ2) is 6.39. The van der Waals surface area contributed by atoms with Crippen molar-refractivity contribution in [1.82, 2.24) is 10.6 Å². The Morgan fingerprint density at radius 3 is 2.29 bits per heavy atom. The molecule has 0 aliphatic carbocycles. The third-order valence-corrected chi connectivity index (χ3v) is 3.45. The lowest BCUT2D eigenvalue weighted by Gasteiger charge is -2.18. The molecule has 2 aromatic carbocycles. The fourth-order valence-electron chi connectivity index (χ4n) is 2.27. The summed E-state index contributed by atoms with van der Waals surface area (Å²) in [5, 5.41) is 7.81. The second-order valence-corrected chi connectivity index (χ2v) is 5.26. The number of benzene rings is 2. The van der Waals surface area contributed by atoms with Gasteiger partial charge in [-0.25, -0.2) is 0 Å². The average Bonchev–Trinajstić information content (AvgIpc) is 2.45. The number of fused-ring (bicyclic) bond motifs is 1. The van der Waals surface area contributed by atoms with Crippen molar-refractivity contribution >= 4 is 22.6 Å². The summed E-state index contributed by atoms with van der Waals surface area (Å²) in [5.41, 5.74) is 1.04. The molecule has 0 heterocycles. The van der Waals surface area contributed by atoms with Gasteiger partial charge in [0, 0.05) is 6.92 Å². The van der Waals surface area contributed by atoms with E-state index in [9.17, 15) is 9.59 Å². The lowest BCUT2D eigenvalue weighted by Crippen LogP contribution is -2.44. The molecule has 0 fully saturated rings. The Labute approximate surface area is 124 Å². The molecule has 110 valence electrons. The van der Waals surface area contributed by atoms with E-state index in [4.69, 9.17) is 0 Å². The van der Waals surface area contributed by atoms with Crippen molar-refractivity contribution in [3.05, 3.63) is 48.0 Å². The number of rotatable bonds is 4. The van der Waals surface area contributed by atoms with E-state index in [2.05, 4.69) is 22.8 Å². The largest absolute Gasteiger partial charge is 0.348 e. The second-order valence-electron chi connectivity index (χ2n) is 5.26. The van der Waals surface area contributed by atoms with Gasteiger partial charge in [0.25, 0.3) is 0 Å². The number of hydrogen-bond acceptors (Lipinski definition) is 2. The fraction of sp³-hybridized carbons (Fsp3) is 0.294. The molecule has 0 saturated heterocycles. The Kier molecular flexibility index (Phi) is 4.58. The van der Waals surface area contributed by atoms with Crippen LogP contribution in [-0.2, 0) is 9.59 Å². The van der Waals surface area contributed by atoms with Crippen LogP contribution in [0.3, 0.4) is 0 Å². The van der Waals surface area contributed by atoms with Crippen molar-refractivity contribution in [2.45, 2.75) is 32.9 Å². The first-order valence-corrected chi connectivity index (χ1v) is 7.03. The topological polar surface area (TPSA) is 58.2 Å². The van der Waals surface area contributed by atoms with Crippen LogP contribution in [-0.4, -0.2) is 17.9 Å². The van der Waals surface area contributed by atoms with Crippen molar-refractivity contribution in [3.63, 3.8) is 0 Å². The van der Waals surface area contributed by atoms with E-state index in [1.807, 2.05) is 37.3 Å². The monoisotopic (exact) mass is 284 g/mol. The molecular weight excluding hydrogens is 264 g/mol. The zero-order valence-electron chi connectivity index (χ0n) is 12.5. The molecule has 2 N–H and O–H groups in total. The zero-order chi connectivity index (χ0) is 15.4. The summed E-state index contributed by atoms with van der Waals surface area (Å²) in [4.78, 5) is 23.0. The van der Waals surface area contributed by atoms with Crippen LogP contribution in [0.2, 0.25) is 0 Å². The van der Waals surface area contributed by atoms with Gasteiger partial charge in [-0.2, -0.15) is 0 Å². The Hall–Kier alpha value is -2.36. The number of carbonyl (C=O) groups is 2. The number of hydrogen-bond donors (Lipinski definition) is 2. The predicted molar refractivity (Wildman–Crippen MR) is 83.8 cm³/mol. The molecular formula is C17H20N2O2. The van der Waals surface area contributed by atoms with E-state index in [1.165, 1.54) is 12.3 Å². The van der Waals surface area contributed by atoms with Crippen molar-refractivity contribution in [1.29, 1.82) is 0 Å². The van der Waals surface area contributed by atoms with Gasteiger partial charge in [-0.3, -0.25) is 9.59 Å². The summed E-state index contributed by atoms with van der Waals surface area (Å²) in [6, 6.07) is 13.6. The molecule has 21 heavy (non-hydrogen) atoms. The van der Waals surface area contributed by atoms with E-state index in [0.717, 1.165) is 10.9 Å². The predicted octanol–water partition coefficient (Wildman–Crippen LogP) is 2.54. The highest BCUT2D eigenvalue weighted by atomic mass is 16.2. The molecule has 0 radical (unpaired) electrons. The first kappa shape index (κ1) is 15.0. The van der Waals surface area contributed by atoms with E-state index in [0.29, 0.717) is 0 Å². The maximum atomic E-state index is 12.0. The minimum Gasteiger partial charge on any atom is -0.348 e. The van der Waals surface area contributed by atoms with E-state index in [-0.39, 0.29) is 17.9 Å². The highest BCUT2D eigenvalue weighted by Crippen LogP contribution is 2.20. The summed E-state index contributed by atoms with van der Waals surface area (Å²) in [7, 11) is 0. The summed E-state index contributed by atoms with van der Waals surface area (Å²) in [6.45, 7) is 5.00. The van der Waals surface area contributed by atoms with Crippen LogP contribution in [0.5, 0.6) is 0 Å². The Balaban J connectivity index is 2.09. The Morgan fingerprint density at radius 2 is 1.62 bits per heavy atom. The van der Waals surface area contributed by atoms with Crippen LogP contribution in [0.25, 0.3) is 10.8 Å². The quantitative estimate of drug-likeness (QED) is 0.906. The maximum absolute atomic E-state index is 12.0. The molecule has 0 saturated carbocycles. The third kappa shape index (κ3) is 3.81. The van der Waals surface area contributed by atoms with Gasteiger partial charge in [0.15, 0.2) is 0 Å². The first-order valence-electron chi connectivity index (χ1n) is 7.03. The molecule has 4 heteroatoms. The molecule has 0 aliphatic heterocycles. The summed E-state index contributed by atoms with van der Waals surface area (Å²) < 4.78 is 0. The van der Waals surface area contributed by atoms with Gasteiger partial charge in [0.1, 0.15) is 6.04 Å². The molecule has 0 spiro atoms. The lowest BCUT2D eigenvalue weighted by molar-refractivity contribution is -0.128. The smallest absolute Gasteiger partial charge is 0.242 e. The van der Waals surface area contributed by atoms with Gasteiger partial charge in [-0.1, -0.05) is 36.4 Å². The van der Waals surface area contributed by atoms with Gasteiger partial charge < -0.3 is 10.6 Å². The Morgan fingerprint density at radius 1 is 0.952 bits per heavy atom. The van der Waals surface area contributed by atoms with Gasteiger partial charge in [0.05, 0.1) is 6.04 Å². The standard InChI is InChI=1S/C17H20N2O2/c1-11(19-17(21)12(2)18-13(3)20)15-9-8-14-6-4-5-7-16(14)10-15/h4-12H,1-3H3,(H,18,20)(H,19,21). The lowest BCUT2D eigenvalue weighted by atomic mass is 10.0. The molecule has 0 aliphatic rings. The van der Waals surface area contributed by atoms with Crippen LogP contribution in [0.15, 0.2) is 42.5 Å². The normalized spacial score (nSPS) is 13.5. The van der Waals surface area contributed by atoms with Crippen molar-refractivity contribution in [2.75, 3.05) is 0 Å². The number of carbonyl (C=O) groups excluding carboxylic acids is 2. The number of nitrogens with one attached hydrogen (secondary N) is 2. The fourth-order valence-corrected chi connectivity index (χ4v) is 2.27. The molecule has 0 bridgehead atoms. The summed E-state index contributed by atoms with van der Waals surface area (Å²) >= 11 is 0. The molecule has 2 aromatic rings. The molecule has 2 rings (SSSR count). The highest BCUT2D eigenvalue weighted by molar-refractivity contribution is 5.87. The van der Waals surface area contributed by atoms with Crippen LogP contribution in [0, 0.1) is 0 Å². The van der Waals surface area contributed by atoms with Crippen molar-refractivity contribution < 1.29 is 9.59 Å². The van der Waals surface area contributed by atoms with E-state index >= 15 is 0 Å². The first-order chi connectivity index (χ1) is 9.97. The van der Waals surface area contributed by atoms with Crippen LogP contribution >= 0.6 is 0 Å². The zero-order valence-corrected chi connectivity index (χ0v) is 12.5. The van der Waals surface area contributed by atoms with Crippen LogP contribution in [0.4, 0.5) is 0 Å². The van der Waals surface area contributed by atoms with Gasteiger partial charge in [0.2, 0.25) is 11.8 Å². The minimum absolute atomic E-state index is 0.113. The SMILES string of the molecule is CC(=O)NC(C)C(=O)NC(C)c1ccc2ccccc2c1.